The van der Waals surface area contributed by atoms with Crippen LogP contribution in [0.15, 0.2) is 27.6 Å². The first-order valence-corrected chi connectivity index (χ1v) is 7.35. The third-order valence-electron chi connectivity index (χ3n) is 2.28. The van der Waals surface area contributed by atoms with E-state index < -0.39 is 15.8 Å². The molecule has 0 heterocycles. The average molecular weight is 325 g/mol. The molecule has 0 aliphatic heterocycles. The van der Waals surface area contributed by atoms with Gasteiger partial charge in [0.1, 0.15) is 5.82 Å². The van der Waals surface area contributed by atoms with Crippen molar-refractivity contribution in [2.24, 2.45) is 5.73 Å². The van der Waals surface area contributed by atoms with E-state index in [1.54, 1.807) is 0 Å². The number of benzene rings is 1. The molecule has 1 aromatic rings. The zero-order valence-electron chi connectivity index (χ0n) is 9.28. The van der Waals surface area contributed by atoms with Crippen LogP contribution in [0.3, 0.4) is 0 Å². The second-order valence-electron chi connectivity index (χ2n) is 3.54. The minimum atomic E-state index is -3.67. The lowest BCUT2D eigenvalue weighted by Gasteiger charge is -2.15. The Kier molecular flexibility index (Phi) is 5.05. The number of nitrogens with two attached hydrogens (primary N) is 1. The van der Waals surface area contributed by atoms with Crippen LogP contribution in [0.1, 0.15) is 13.3 Å². The Morgan fingerprint density at radius 1 is 1.53 bits per heavy atom. The predicted molar refractivity (Wildman–Crippen MR) is 67.6 cm³/mol. The SMILES string of the molecule is CCC(CN)NS(=O)(=O)c1ccc(F)cc1Br. The van der Waals surface area contributed by atoms with Crippen molar-refractivity contribution in [2.75, 3.05) is 6.54 Å². The lowest BCUT2D eigenvalue weighted by molar-refractivity contribution is 0.541. The van der Waals surface area contributed by atoms with Crippen LogP contribution >= 0.6 is 15.9 Å². The van der Waals surface area contributed by atoms with Crippen molar-refractivity contribution >= 4 is 26.0 Å². The fourth-order valence-corrected chi connectivity index (χ4v) is 3.66. The molecule has 0 bridgehead atoms. The molecule has 1 aromatic carbocycles. The van der Waals surface area contributed by atoms with E-state index in [4.69, 9.17) is 5.73 Å². The Balaban J connectivity index is 3.05. The predicted octanol–water partition coefficient (Wildman–Crippen LogP) is 1.60. The summed E-state index contributed by atoms with van der Waals surface area (Å²) in [5, 5.41) is 0. The molecule has 1 rings (SSSR count). The van der Waals surface area contributed by atoms with Gasteiger partial charge in [-0.3, -0.25) is 0 Å². The summed E-state index contributed by atoms with van der Waals surface area (Å²) in [6, 6.07) is 3.10. The van der Waals surface area contributed by atoms with Gasteiger partial charge >= 0.3 is 0 Å². The number of hydrogen-bond donors (Lipinski definition) is 2. The van der Waals surface area contributed by atoms with Crippen LogP contribution in [0, 0.1) is 5.82 Å². The van der Waals surface area contributed by atoms with E-state index >= 15 is 0 Å². The van der Waals surface area contributed by atoms with Crippen LogP contribution in [0.5, 0.6) is 0 Å². The minimum Gasteiger partial charge on any atom is -0.329 e. The van der Waals surface area contributed by atoms with Crippen molar-refractivity contribution in [2.45, 2.75) is 24.3 Å². The van der Waals surface area contributed by atoms with E-state index in [1.807, 2.05) is 6.92 Å². The van der Waals surface area contributed by atoms with Crippen molar-refractivity contribution in [3.05, 3.63) is 28.5 Å². The van der Waals surface area contributed by atoms with E-state index in [2.05, 4.69) is 20.7 Å². The second kappa shape index (κ2) is 5.90. The van der Waals surface area contributed by atoms with Gasteiger partial charge in [0.2, 0.25) is 10.0 Å². The maximum absolute atomic E-state index is 12.9. The third-order valence-corrected chi connectivity index (χ3v) is 4.78. The summed E-state index contributed by atoms with van der Waals surface area (Å²) in [5.41, 5.74) is 5.43. The number of sulfonamides is 1. The normalized spacial score (nSPS) is 13.6. The summed E-state index contributed by atoms with van der Waals surface area (Å²) in [6.07, 6.45) is 0.592. The highest BCUT2D eigenvalue weighted by molar-refractivity contribution is 9.10. The highest BCUT2D eigenvalue weighted by atomic mass is 79.9. The molecule has 96 valence electrons. The molecule has 3 N–H and O–H groups in total. The lowest BCUT2D eigenvalue weighted by Crippen LogP contribution is -2.39. The number of rotatable bonds is 5. The summed E-state index contributed by atoms with van der Waals surface area (Å²) in [4.78, 5) is 0.00537. The molecule has 0 aliphatic rings. The van der Waals surface area contributed by atoms with Crippen LogP contribution in [0.25, 0.3) is 0 Å². The van der Waals surface area contributed by atoms with Gasteiger partial charge in [0, 0.05) is 17.1 Å². The highest BCUT2D eigenvalue weighted by Gasteiger charge is 2.20. The zero-order chi connectivity index (χ0) is 13.1. The minimum absolute atomic E-state index is 0.00537. The van der Waals surface area contributed by atoms with Gasteiger partial charge in [-0.05, 0) is 40.5 Å². The highest BCUT2D eigenvalue weighted by Crippen LogP contribution is 2.22. The molecule has 0 saturated carbocycles. The van der Waals surface area contributed by atoms with Gasteiger partial charge in [0.05, 0.1) is 4.90 Å². The monoisotopic (exact) mass is 324 g/mol. The van der Waals surface area contributed by atoms with E-state index in [0.29, 0.717) is 6.42 Å². The van der Waals surface area contributed by atoms with E-state index in [9.17, 15) is 12.8 Å². The van der Waals surface area contributed by atoms with E-state index in [1.165, 1.54) is 6.07 Å². The molecule has 7 heteroatoms. The number of halogens is 2. The van der Waals surface area contributed by atoms with Gasteiger partial charge in [-0.15, -0.1) is 0 Å². The standard InChI is InChI=1S/C10H14BrFN2O2S/c1-2-8(6-13)14-17(15,16)10-4-3-7(12)5-9(10)11/h3-5,8,14H,2,6,13H2,1H3. The van der Waals surface area contributed by atoms with Gasteiger partial charge in [-0.2, -0.15) is 0 Å². The van der Waals surface area contributed by atoms with Crippen LogP contribution in [-0.2, 0) is 10.0 Å². The largest absolute Gasteiger partial charge is 0.329 e. The zero-order valence-corrected chi connectivity index (χ0v) is 11.7. The summed E-state index contributed by atoms with van der Waals surface area (Å²) in [7, 11) is -3.67. The van der Waals surface area contributed by atoms with Gasteiger partial charge < -0.3 is 5.73 Å². The maximum Gasteiger partial charge on any atom is 0.241 e. The van der Waals surface area contributed by atoms with Crippen LogP contribution in [0.4, 0.5) is 4.39 Å². The molecule has 0 aromatic heterocycles. The summed E-state index contributed by atoms with van der Waals surface area (Å²) >= 11 is 3.03. The molecule has 1 unspecified atom stereocenters. The van der Waals surface area contributed by atoms with Gasteiger partial charge in [-0.1, -0.05) is 6.92 Å². The van der Waals surface area contributed by atoms with E-state index in [0.717, 1.165) is 12.1 Å². The summed E-state index contributed by atoms with van der Waals surface area (Å²) in [6.45, 7) is 2.05. The van der Waals surface area contributed by atoms with Crippen LogP contribution < -0.4 is 10.5 Å². The molecular formula is C10H14BrFN2O2S. The number of nitrogens with one attached hydrogen (secondary N) is 1. The van der Waals surface area contributed by atoms with Crippen LogP contribution in [-0.4, -0.2) is 21.0 Å². The van der Waals surface area contributed by atoms with Crippen molar-refractivity contribution in [3.63, 3.8) is 0 Å². The smallest absolute Gasteiger partial charge is 0.241 e. The van der Waals surface area contributed by atoms with Gasteiger partial charge in [0.25, 0.3) is 0 Å². The first kappa shape index (κ1) is 14.6. The van der Waals surface area contributed by atoms with Crippen molar-refractivity contribution in [1.82, 2.24) is 4.72 Å². The Bertz CT molecular complexity index is 489. The fraction of sp³-hybridized carbons (Fsp3) is 0.400. The Hall–Kier alpha value is -0.500. The molecule has 1 atom stereocenters. The average Bonchev–Trinajstić information content (AvgIpc) is 2.25. The van der Waals surface area contributed by atoms with Gasteiger partial charge in [-0.25, -0.2) is 17.5 Å². The van der Waals surface area contributed by atoms with Crippen molar-refractivity contribution in [1.29, 1.82) is 0 Å². The molecule has 17 heavy (non-hydrogen) atoms. The van der Waals surface area contributed by atoms with Crippen molar-refractivity contribution < 1.29 is 12.8 Å². The lowest BCUT2D eigenvalue weighted by atomic mass is 10.2. The molecule has 0 saturated heterocycles. The molecular weight excluding hydrogens is 311 g/mol. The van der Waals surface area contributed by atoms with Crippen molar-refractivity contribution in [3.8, 4) is 0 Å². The first-order valence-electron chi connectivity index (χ1n) is 5.08. The molecule has 4 nitrogen and oxygen atoms in total. The molecule has 0 fully saturated rings. The first-order chi connectivity index (χ1) is 7.90. The third kappa shape index (κ3) is 3.74. The molecule has 0 spiro atoms. The molecule has 0 aliphatic carbocycles. The topological polar surface area (TPSA) is 72.2 Å². The molecule has 0 radical (unpaired) electrons. The Labute approximate surface area is 109 Å². The fourth-order valence-electron chi connectivity index (χ4n) is 1.27. The summed E-state index contributed by atoms with van der Waals surface area (Å²) < 4.78 is 39.5. The van der Waals surface area contributed by atoms with Crippen LogP contribution in [0.2, 0.25) is 0 Å². The van der Waals surface area contributed by atoms with Gasteiger partial charge in [0.15, 0.2) is 0 Å². The second-order valence-corrected chi connectivity index (χ2v) is 6.07. The van der Waals surface area contributed by atoms with E-state index in [-0.39, 0.29) is 22.0 Å². The quantitative estimate of drug-likeness (QED) is 0.864. The number of hydrogen-bond acceptors (Lipinski definition) is 3. The molecule has 0 amide bonds. The Morgan fingerprint density at radius 3 is 2.65 bits per heavy atom. The maximum atomic E-state index is 12.9. The Morgan fingerprint density at radius 2 is 2.18 bits per heavy atom. The summed E-state index contributed by atoms with van der Waals surface area (Å²) in [5.74, 6) is -0.498.